The molecule has 4 atom stereocenters. The quantitative estimate of drug-likeness (QED) is 0.559. The van der Waals surface area contributed by atoms with Crippen molar-refractivity contribution in [1.82, 2.24) is 25.0 Å². The molecule has 3 fully saturated rings. The van der Waals surface area contributed by atoms with Gasteiger partial charge in [0, 0.05) is 43.4 Å². The molecule has 196 valence electrons. The Hall–Kier alpha value is -2.42. The Labute approximate surface area is 210 Å². The zero-order chi connectivity index (χ0) is 25.4. The molecule has 36 heavy (non-hydrogen) atoms. The van der Waals surface area contributed by atoms with Gasteiger partial charge in [0.25, 0.3) is 0 Å². The molecule has 3 aliphatic rings. The number of hydrogen-bond donors (Lipinski definition) is 1. The minimum absolute atomic E-state index is 0.189. The number of amides is 1. The monoisotopic (exact) mass is 503 g/mol. The van der Waals surface area contributed by atoms with Crippen LogP contribution in [-0.4, -0.2) is 50.1 Å². The number of rotatable bonds is 7. The highest BCUT2D eigenvalue weighted by atomic mass is 19.3. The molecule has 0 radical (unpaired) electrons. The number of halogens is 3. The number of nitrogens with one attached hydrogen (secondary N) is 1. The van der Waals surface area contributed by atoms with Gasteiger partial charge >= 0.3 is 0 Å². The van der Waals surface area contributed by atoms with Gasteiger partial charge in [0.05, 0.1) is 6.04 Å². The highest BCUT2D eigenvalue weighted by Gasteiger charge is 2.42. The number of carbonyl (C=O) groups is 1. The van der Waals surface area contributed by atoms with E-state index in [1.807, 2.05) is 19.9 Å². The van der Waals surface area contributed by atoms with Crippen molar-refractivity contribution in [3.05, 3.63) is 47.3 Å². The topological polar surface area (TPSA) is 63.1 Å². The summed E-state index contributed by atoms with van der Waals surface area (Å²) in [5, 5.41) is 11.6. The van der Waals surface area contributed by atoms with E-state index < -0.39 is 11.8 Å². The fraction of sp³-hybridized carbons (Fsp3) is 0.667. The van der Waals surface area contributed by atoms with E-state index in [0.717, 1.165) is 49.4 Å². The number of aryl methyl sites for hydroxylation is 2. The predicted octanol–water partition coefficient (Wildman–Crippen LogP) is 5.28. The van der Waals surface area contributed by atoms with Crippen LogP contribution in [0.25, 0.3) is 0 Å². The fourth-order valence-corrected chi connectivity index (χ4v) is 6.74. The zero-order valence-electron chi connectivity index (χ0n) is 21.1. The van der Waals surface area contributed by atoms with Crippen molar-refractivity contribution in [3.63, 3.8) is 0 Å². The Balaban J connectivity index is 1.25. The van der Waals surface area contributed by atoms with Gasteiger partial charge in [-0.3, -0.25) is 9.69 Å². The van der Waals surface area contributed by atoms with Gasteiger partial charge in [0.1, 0.15) is 17.5 Å². The van der Waals surface area contributed by atoms with Gasteiger partial charge in [-0.1, -0.05) is 12.1 Å². The number of alkyl halides is 2. The van der Waals surface area contributed by atoms with Crippen molar-refractivity contribution in [2.45, 2.75) is 102 Å². The Morgan fingerprint density at radius 3 is 2.31 bits per heavy atom. The molecule has 1 unspecified atom stereocenters. The number of aromatic nitrogens is 3. The summed E-state index contributed by atoms with van der Waals surface area (Å²) in [6.45, 7) is 4.81. The number of benzene rings is 1. The lowest BCUT2D eigenvalue weighted by molar-refractivity contribution is -0.130. The second-order valence-corrected chi connectivity index (χ2v) is 10.9. The number of piperidine rings is 1. The van der Waals surface area contributed by atoms with Crippen LogP contribution in [0.15, 0.2) is 24.3 Å². The molecule has 1 aliphatic carbocycles. The number of fused-ring (bicyclic) bond motifs is 2. The summed E-state index contributed by atoms with van der Waals surface area (Å²) in [7, 11) is 0. The Morgan fingerprint density at radius 1 is 1.06 bits per heavy atom. The molecule has 5 rings (SSSR count). The van der Waals surface area contributed by atoms with E-state index in [2.05, 4.69) is 25.0 Å². The summed E-state index contributed by atoms with van der Waals surface area (Å²) in [4.78, 5) is 15.6. The molecule has 1 aromatic heterocycles. The van der Waals surface area contributed by atoms with E-state index in [4.69, 9.17) is 0 Å². The second kappa shape index (κ2) is 10.1. The molecule has 1 aromatic carbocycles. The van der Waals surface area contributed by atoms with Crippen molar-refractivity contribution < 1.29 is 18.0 Å². The molecule has 2 saturated heterocycles. The standard InChI is InChI=1S/C27H36F3N5O/c1-17-32-33-18(2)35(17)24-15-22-6-7-23(16-24)34(22)13-10-25(20-4-3-5-21(28)14-20)31-26(36)19-8-11-27(29,30)12-9-19/h3-5,14,19,22-25H,6-13,15-16H2,1-2H3,(H,31,36)/t22-,23+,24?,25-/m0/s1. The number of carbonyl (C=O) groups excluding carboxylic acids is 1. The third-order valence-corrected chi connectivity index (χ3v) is 8.59. The van der Waals surface area contributed by atoms with Gasteiger partial charge in [-0.15, -0.1) is 10.2 Å². The largest absolute Gasteiger partial charge is 0.349 e. The van der Waals surface area contributed by atoms with E-state index in [1.54, 1.807) is 6.07 Å². The van der Waals surface area contributed by atoms with Crippen LogP contribution in [0.1, 0.15) is 87.1 Å². The van der Waals surface area contributed by atoms with Crippen molar-refractivity contribution in [1.29, 1.82) is 0 Å². The summed E-state index contributed by atoms with van der Waals surface area (Å²) >= 11 is 0. The van der Waals surface area contributed by atoms with E-state index in [-0.39, 0.29) is 43.4 Å². The first-order chi connectivity index (χ1) is 17.2. The highest BCUT2D eigenvalue weighted by Crippen LogP contribution is 2.42. The average molecular weight is 504 g/mol. The normalized spacial score (nSPS) is 27.2. The maximum Gasteiger partial charge on any atom is 0.248 e. The maximum atomic E-state index is 14.1. The second-order valence-electron chi connectivity index (χ2n) is 10.9. The fourth-order valence-electron chi connectivity index (χ4n) is 6.74. The maximum absolute atomic E-state index is 14.1. The van der Waals surface area contributed by atoms with Crippen LogP contribution >= 0.6 is 0 Å². The molecule has 3 heterocycles. The van der Waals surface area contributed by atoms with E-state index in [1.165, 1.54) is 12.1 Å². The molecule has 6 nitrogen and oxygen atoms in total. The van der Waals surface area contributed by atoms with Gasteiger partial charge in [0.2, 0.25) is 11.8 Å². The first-order valence-electron chi connectivity index (χ1n) is 13.3. The SMILES string of the molecule is Cc1nnc(C)n1C1C[C@H]2CC[C@@H](C1)N2CC[C@H](NC(=O)C1CCC(F)(F)CC1)c1cccc(F)c1. The molecule has 1 saturated carbocycles. The highest BCUT2D eigenvalue weighted by molar-refractivity contribution is 5.79. The minimum Gasteiger partial charge on any atom is -0.349 e. The minimum atomic E-state index is -2.67. The summed E-state index contributed by atoms with van der Waals surface area (Å²) in [6.07, 6.45) is 4.91. The van der Waals surface area contributed by atoms with E-state index in [9.17, 15) is 18.0 Å². The Kier molecular flexibility index (Phi) is 7.12. The van der Waals surface area contributed by atoms with Crippen molar-refractivity contribution in [3.8, 4) is 0 Å². The van der Waals surface area contributed by atoms with Crippen molar-refractivity contribution >= 4 is 5.91 Å². The summed E-state index contributed by atoms with van der Waals surface area (Å²) in [6, 6.07) is 7.32. The molecule has 0 spiro atoms. The smallest absolute Gasteiger partial charge is 0.248 e. The van der Waals surface area contributed by atoms with E-state index >= 15 is 0 Å². The van der Waals surface area contributed by atoms with Crippen LogP contribution in [0.3, 0.4) is 0 Å². The molecule has 2 aliphatic heterocycles. The lowest BCUT2D eigenvalue weighted by Crippen LogP contribution is -2.45. The lowest BCUT2D eigenvalue weighted by Gasteiger charge is -2.40. The molecule has 1 amide bonds. The number of hydrogen-bond acceptors (Lipinski definition) is 4. The zero-order valence-corrected chi connectivity index (χ0v) is 21.1. The van der Waals surface area contributed by atoms with E-state index in [0.29, 0.717) is 24.5 Å². The summed E-state index contributed by atoms with van der Waals surface area (Å²) in [5.41, 5.74) is 0.725. The first-order valence-corrected chi connectivity index (χ1v) is 13.3. The van der Waals surface area contributed by atoms with Crippen LogP contribution in [-0.2, 0) is 4.79 Å². The van der Waals surface area contributed by atoms with Crippen LogP contribution in [0.5, 0.6) is 0 Å². The lowest BCUT2D eigenvalue weighted by atomic mass is 9.86. The van der Waals surface area contributed by atoms with Gasteiger partial charge in [-0.2, -0.15) is 0 Å². The molecule has 2 bridgehead atoms. The summed E-state index contributed by atoms with van der Waals surface area (Å²) in [5.74, 6) is -1.71. The number of nitrogens with zero attached hydrogens (tertiary/aromatic N) is 4. The van der Waals surface area contributed by atoms with Crippen LogP contribution < -0.4 is 5.32 Å². The third kappa shape index (κ3) is 5.31. The molecule has 9 heteroatoms. The van der Waals surface area contributed by atoms with Gasteiger partial charge in [0.15, 0.2) is 0 Å². The Morgan fingerprint density at radius 2 is 1.69 bits per heavy atom. The van der Waals surface area contributed by atoms with Crippen molar-refractivity contribution in [2.75, 3.05) is 6.54 Å². The summed E-state index contributed by atoms with van der Waals surface area (Å²) < 4.78 is 43.5. The molecule has 2 aromatic rings. The first kappa shape index (κ1) is 25.2. The molecular weight excluding hydrogens is 467 g/mol. The predicted molar refractivity (Wildman–Crippen MR) is 130 cm³/mol. The van der Waals surface area contributed by atoms with Crippen LogP contribution in [0, 0.1) is 25.6 Å². The van der Waals surface area contributed by atoms with Crippen LogP contribution in [0.4, 0.5) is 13.2 Å². The third-order valence-electron chi connectivity index (χ3n) is 8.59. The van der Waals surface area contributed by atoms with Gasteiger partial charge in [-0.25, -0.2) is 13.2 Å². The molecule has 1 N–H and O–H groups in total. The Bertz CT molecular complexity index is 1050. The average Bonchev–Trinajstić information content (AvgIpc) is 3.29. The van der Waals surface area contributed by atoms with Gasteiger partial charge in [-0.05, 0) is 76.5 Å². The van der Waals surface area contributed by atoms with Gasteiger partial charge < -0.3 is 9.88 Å². The van der Waals surface area contributed by atoms with Crippen molar-refractivity contribution in [2.24, 2.45) is 5.92 Å². The molecular formula is C27H36F3N5O. The van der Waals surface area contributed by atoms with Crippen LogP contribution in [0.2, 0.25) is 0 Å².